The topological polar surface area (TPSA) is 101 Å². The Hall–Kier alpha value is -2.00. The van der Waals surface area contributed by atoms with Crippen LogP contribution in [-0.2, 0) is 9.53 Å². The molecule has 2 aliphatic heterocycles. The number of hydrogen-bond acceptors (Lipinski definition) is 7. The highest BCUT2D eigenvalue weighted by Crippen LogP contribution is 2.33. The van der Waals surface area contributed by atoms with Crippen LogP contribution >= 0.6 is 23.2 Å². The highest BCUT2D eigenvalue weighted by atomic mass is 35.5. The number of amides is 1. The van der Waals surface area contributed by atoms with Crippen LogP contribution in [0.25, 0.3) is 11.3 Å². The molecule has 0 aromatic carbocycles. The van der Waals surface area contributed by atoms with E-state index in [2.05, 4.69) is 30.9 Å². The molecule has 2 fully saturated rings. The molecule has 0 saturated carbocycles. The number of nitrogens with zero attached hydrogens (tertiary/aromatic N) is 3. The predicted octanol–water partition coefficient (Wildman–Crippen LogP) is 3.62. The van der Waals surface area contributed by atoms with Crippen molar-refractivity contribution in [3.8, 4) is 11.3 Å². The van der Waals surface area contributed by atoms with Crippen LogP contribution in [0.3, 0.4) is 0 Å². The second kappa shape index (κ2) is 10.5. The van der Waals surface area contributed by atoms with Gasteiger partial charge in [0.05, 0.1) is 17.1 Å². The summed E-state index contributed by atoms with van der Waals surface area (Å²) in [6.07, 6.45) is 6.99. The Labute approximate surface area is 191 Å². The molecule has 2 aliphatic rings. The fourth-order valence-corrected chi connectivity index (χ4v) is 4.21. The van der Waals surface area contributed by atoms with Crippen LogP contribution < -0.4 is 16.0 Å². The van der Waals surface area contributed by atoms with E-state index >= 15 is 0 Å². The molecule has 2 saturated heterocycles. The predicted molar refractivity (Wildman–Crippen MR) is 122 cm³/mol. The molecule has 2 aromatic rings. The fourth-order valence-electron chi connectivity index (χ4n) is 3.82. The molecule has 0 aliphatic carbocycles. The van der Waals surface area contributed by atoms with Crippen LogP contribution in [-0.4, -0.2) is 53.7 Å². The van der Waals surface area contributed by atoms with Gasteiger partial charge in [-0.15, -0.1) is 0 Å². The second-order valence-electron chi connectivity index (χ2n) is 7.91. The first-order valence-corrected chi connectivity index (χ1v) is 11.4. The number of aromatic nitrogens is 3. The highest BCUT2D eigenvalue weighted by Gasteiger charge is 2.22. The average molecular weight is 465 g/mol. The quantitative estimate of drug-likeness (QED) is 0.599. The van der Waals surface area contributed by atoms with Gasteiger partial charge in [0.1, 0.15) is 17.3 Å². The zero-order chi connectivity index (χ0) is 21.6. The number of rotatable bonds is 6. The number of piperidine rings is 1. The molecule has 0 spiro atoms. The van der Waals surface area contributed by atoms with E-state index in [4.69, 9.17) is 27.9 Å². The maximum absolute atomic E-state index is 12.6. The molecule has 8 nitrogen and oxygen atoms in total. The normalized spacial score (nSPS) is 19.7. The third-order valence-corrected chi connectivity index (χ3v) is 6.25. The summed E-state index contributed by atoms with van der Waals surface area (Å²) in [6.45, 7) is 4.00. The van der Waals surface area contributed by atoms with E-state index in [0.29, 0.717) is 40.4 Å². The van der Waals surface area contributed by atoms with Crippen LogP contribution in [0.2, 0.25) is 10.2 Å². The minimum Gasteiger partial charge on any atom is -0.381 e. The highest BCUT2D eigenvalue weighted by molar-refractivity contribution is 6.35. The summed E-state index contributed by atoms with van der Waals surface area (Å²) < 4.78 is 5.41. The van der Waals surface area contributed by atoms with E-state index in [1.54, 1.807) is 12.3 Å². The summed E-state index contributed by atoms with van der Waals surface area (Å²) >= 11 is 12.7. The van der Waals surface area contributed by atoms with Gasteiger partial charge in [-0.2, -0.15) is 0 Å². The van der Waals surface area contributed by atoms with Crippen LogP contribution in [0.4, 0.5) is 11.6 Å². The van der Waals surface area contributed by atoms with E-state index in [-0.39, 0.29) is 17.0 Å². The smallest absolute Gasteiger partial charge is 0.229 e. The second-order valence-corrected chi connectivity index (χ2v) is 8.68. The Morgan fingerprint density at radius 1 is 1.16 bits per heavy atom. The first-order valence-electron chi connectivity index (χ1n) is 10.6. The third kappa shape index (κ3) is 5.83. The standard InChI is InChI=1S/C21H26Cl2N6O2/c22-16-11-26-17(29-21(30)14-2-1-5-24-10-14)8-15(16)19-20(23)27-12-18(28-19)25-9-13-3-6-31-7-4-13/h8,11-14,24H,1-7,9-10H2,(H,25,28)(H,26,29,30). The lowest BCUT2D eigenvalue weighted by molar-refractivity contribution is -0.120. The number of carbonyl (C=O) groups is 1. The van der Waals surface area contributed by atoms with Crippen LogP contribution in [0.5, 0.6) is 0 Å². The number of carbonyl (C=O) groups excluding carboxylic acids is 1. The summed E-state index contributed by atoms with van der Waals surface area (Å²) in [4.78, 5) is 25.7. The van der Waals surface area contributed by atoms with Crippen molar-refractivity contribution in [2.24, 2.45) is 11.8 Å². The summed E-state index contributed by atoms with van der Waals surface area (Å²) in [7, 11) is 0. The Balaban J connectivity index is 1.49. The number of hydrogen-bond donors (Lipinski definition) is 3. The van der Waals surface area contributed by atoms with Gasteiger partial charge in [0.15, 0.2) is 5.15 Å². The van der Waals surface area contributed by atoms with E-state index in [1.165, 1.54) is 6.20 Å². The Morgan fingerprint density at radius 3 is 2.77 bits per heavy atom. The zero-order valence-electron chi connectivity index (χ0n) is 17.2. The minimum absolute atomic E-state index is 0.0583. The van der Waals surface area contributed by atoms with Crippen molar-refractivity contribution in [2.45, 2.75) is 25.7 Å². The van der Waals surface area contributed by atoms with Gasteiger partial charge in [0, 0.05) is 38.1 Å². The van der Waals surface area contributed by atoms with Crippen molar-refractivity contribution in [3.05, 3.63) is 28.6 Å². The van der Waals surface area contributed by atoms with E-state index < -0.39 is 0 Å². The van der Waals surface area contributed by atoms with Crippen molar-refractivity contribution in [1.82, 2.24) is 20.3 Å². The first-order chi connectivity index (χ1) is 15.1. The van der Waals surface area contributed by atoms with Crippen molar-refractivity contribution >= 4 is 40.7 Å². The van der Waals surface area contributed by atoms with Crippen LogP contribution in [0.15, 0.2) is 18.5 Å². The SMILES string of the molecule is O=C(Nc1cc(-c2nc(NCC3CCOCC3)cnc2Cl)c(Cl)cn1)C1CCCNC1. The van der Waals surface area contributed by atoms with E-state index in [0.717, 1.165) is 52.0 Å². The van der Waals surface area contributed by atoms with Gasteiger partial charge in [-0.05, 0) is 44.2 Å². The van der Waals surface area contributed by atoms with Crippen molar-refractivity contribution < 1.29 is 9.53 Å². The van der Waals surface area contributed by atoms with Gasteiger partial charge >= 0.3 is 0 Å². The molecule has 166 valence electrons. The molecular weight excluding hydrogens is 439 g/mol. The molecule has 1 amide bonds. The number of halogens is 2. The summed E-state index contributed by atoms with van der Waals surface area (Å²) in [5, 5.41) is 10.1. The van der Waals surface area contributed by atoms with Gasteiger partial charge in [-0.25, -0.2) is 15.0 Å². The zero-order valence-corrected chi connectivity index (χ0v) is 18.7. The summed E-state index contributed by atoms with van der Waals surface area (Å²) in [6, 6.07) is 1.69. The van der Waals surface area contributed by atoms with Crippen LogP contribution in [0.1, 0.15) is 25.7 Å². The molecule has 31 heavy (non-hydrogen) atoms. The number of ether oxygens (including phenoxy) is 1. The third-order valence-electron chi connectivity index (χ3n) is 5.67. The first kappa shape index (κ1) is 22.2. The summed E-state index contributed by atoms with van der Waals surface area (Å²) in [5.74, 6) is 1.44. The molecule has 0 bridgehead atoms. The monoisotopic (exact) mass is 464 g/mol. The van der Waals surface area contributed by atoms with Crippen molar-refractivity contribution in [3.63, 3.8) is 0 Å². The Bertz CT molecular complexity index is 917. The average Bonchev–Trinajstić information content (AvgIpc) is 2.81. The largest absolute Gasteiger partial charge is 0.381 e. The molecule has 4 rings (SSSR count). The van der Waals surface area contributed by atoms with Gasteiger partial charge in [0.25, 0.3) is 0 Å². The summed E-state index contributed by atoms with van der Waals surface area (Å²) in [5.41, 5.74) is 1.02. The van der Waals surface area contributed by atoms with Gasteiger partial charge in [-0.1, -0.05) is 23.2 Å². The Morgan fingerprint density at radius 2 is 2.00 bits per heavy atom. The maximum atomic E-state index is 12.6. The Kier molecular flexibility index (Phi) is 7.55. The molecular formula is C21H26Cl2N6O2. The van der Waals surface area contributed by atoms with Gasteiger partial charge < -0.3 is 20.7 Å². The van der Waals surface area contributed by atoms with Crippen molar-refractivity contribution in [2.75, 3.05) is 43.5 Å². The van der Waals surface area contributed by atoms with Crippen LogP contribution in [0, 0.1) is 11.8 Å². The fraction of sp³-hybridized carbons (Fsp3) is 0.524. The molecule has 1 atom stereocenters. The van der Waals surface area contributed by atoms with Crippen molar-refractivity contribution in [1.29, 1.82) is 0 Å². The lowest BCUT2D eigenvalue weighted by atomic mass is 9.99. The molecule has 3 N–H and O–H groups in total. The lowest BCUT2D eigenvalue weighted by Crippen LogP contribution is -2.37. The lowest BCUT2D eigenvalue weighted by Gasteiger charge is -2.22. The molecule has 1 unspecified atom stereocenters. The number of nitrogens with one attached hydrogen (secondary N) is 3. The molecule has 4 heterocycles. The number of anilines is 2. The molecule has 2 aromatic heterocycles. The van der Waals surface area contributed by atoms with Gasteiger partial charge in [0.2, 0.25) is 5.91 Å². The van der Waals surface area contributed by atoms with E-state index in [9.17, 15) is 4.79 Å². The van der Waals surface area contributed by atoms with E-state index in [1.807, 2.05) is 0 Å². The van der Waals surface area contributed by atoms with Gasteiger partial charge in [-0.3, -0.25) is 4.79 Å². The maximum Gasteiger partial charge on any atom is 0.229 e. The number of pyridine rings is 1. The minimum atomic E-state index is -0.0734. The molecule has 10 heteroatoms. The molecule has 0 radical (unpaired) electrons.